The number of aryl methyl sites for hydroxylation is 1. The molecule has 1 rings (SSSR count). The molecule has 1 aromatic rings. The SMILES string of the molecule is Cc1ccc([N+](=O)[O-])c(S)n1. The second-order valence-electron chi connectivity index (χ2n) is 2.05. The topological polar surface area (TPSA) is 56.0 Å². The van der Waals surface area contributed by atoms with Crippen molar-refractivity contribution in [1.29, 1.82) is 0 Å². The Morgan fingerprint density at radius 3 is 2.73 bits per heavy atom. The van der Waals surface area contributed by atoms with Gasteiger partial charge in [-0.2, -0.15) is 0 Å². The van der Waals surface area contributed by atoms with Gasteiger partial charge in [-0.1, -0.05) is 0 Å². The Bertz CT molecular complexity index is 301. The molecule has 0 saturated heterocycles. The number of nitrogens with zero attached hydrogens (tertiary/aromatic N) is 2. The first-order chi connectivity index (χ1) is 5.11. The van der Waals surface area contributed by atoms with E-state index in [1.807, 2.05) is 0 Å². The third kappa shape index (κ3) is 1.68. The van der Waals surface area contributed by atoms with Gasteiger partial charge in [0, 0.05) is 11.8 Å². The van der Waals surface area contributed by atoms with Crippen LogP contribution in [0.5, 0.6) is 0 Å². The summed E-state index contributed by atoms with van der Waals surface area (Å²) in [5, 5.41) is 10.4. The van der Waals surface area contributed by atoms with Crippen LogP contribution in [0.1, 0.15) is 5.69 Å². The van der Waals surface area contributed by atoms with Crippen LogP contribution in [0.25, 0.3) is 0 Å². The third-order valence-electron chi connectivity index (χ3n) is 1.19. The van der Waals surface area contributed by atoms with Gasteiger partial charge in [-0.05, 0) is 13.0 Å². The fourth-order valence-corrected chi connectivity index (χ4v) is 0.992. The Morgan fingerprint density at radius 1 is 1.64 bits per heavy atom. The monoisotopic (exact) mass is 170 g/mol. The number of rotatable bonds is 1. The Hall–Kier alpha value is -1.10. The van der Waals surface area contributed by atoms with Crippen LogP contribution in [0.4, 0.5) is 5.69 Å². The Labute approximate surface area is 68.8 Å². The van der Waals surface area contributed by atoms with E-state index in [2.05, 4.69) is 17.6 Å². The van der Waals surface area contributed by atoms with Gasteiger partial charge in [0.25, 0.3) is 0 Å². The molecule has 4 nitrogen and oxygen atoms in total. The highest BCUT2D eigenvalue weighted by atomic mass is 32.1. The highest BCUT2D eigenvalue weighted by Gasteiger charge is 2.10. The zero-order valence-corrected chi connectivity index (χ0v) is 6.71. The van der Waals surface area contributed by atoms with Gasteiger partial charge in [-0.25, -0.2) is 4.98 Å². The summed E-state index contributed by atoms with van der Waals surface area (Å²) in [5.41, 5.74) is 0.666. The minimum atomic E-state index is -0.505. The van der Waals surface area contributed by atoms with Crippen molar-refractivity contribution in [2.24, 2.45) is 0 Å². The van der Waals surface area contributed by atoms with Crippen molar-refractivity contribution in [3.05, 3.63) is 27.9 Å². The summed E-state index contributed by atoms with van der Waals surface area (Å²) in [6.45, 7) is 1.75. The Balaban J connectivity index is 3.20. The molecule has 0 bridgehead atoms. The summed E-state index contributed by atoms with van der Waals surface area (Å²) in [6, 6.07) is 2.97. The normalized spacial score (nSPS) is 9.64. The van der Waals surface area contributed by atoms with E-state index in [4.69, 9.17) is 0 Å². The molecule has 0 fully saturated rings. The number of hydrogen-bond acceptors (Lipinski definition) is 4. The van der Waals surface area contributed by atoms with Gasteiger partial charge in [-0.15, -0.1) is 12.6 Å². The van der Waals surface area contributed by atoms with Gasteiger partial charge in [0.1, 0.15) is 0 Å². The van der Waals surface area contributed by atoms with Crippen LogP contribution in [-0.2, 0) is 0 Å². The third-order valence-corrected chi connectivity index (χ3v) is 1.52. The minimum Gasteiger partial charge on any atom is -0.258 e. The predicted molar refractivity (Wildman–Crippen MR) is 42.9 cm³/mol. The number of aromatic nitrogens is 1. The van der Waals surface area contributed by atoms with Gasteiger partial charge < -0.3 is 0 Å². The van der Waals surface area contributed by atoms with Crippen molar-refractivity contribution in [3.63, 3.8) is 0 Å². The zero-order valence-electron chi connectivity index (χ0n) is 5.81. The van der Waals surface area contributed by atoms with Crippen molar-refractivity contribution in [3.8, 4) is 0 Å². The van der Waals surface area contributed by atoms with Crippen LogP contribution in [0.3, 0.4) is 0 Å². The molecule has 0 unspecified atom stereocenters. The highest BCUT2D eigenvalue weighted by Crippen LogP contribution is 2.19. The maximum atomic E-state index is 10.2. The molecular formula is C6H6N2O2S. The quantitative estimate of drug-likeness (QED) is 0.395. The van der Waals surface area contributed by atoms with E-state index in [0.717, 1.165) is 5.69 Å². The van der Waals surface area contributed by atoms with Crippen LogP contribution in [0.15, 0.2) is 17.2 Å². The molecule has 0 N–H and O–H groups in total. The van der Waals surface area contributed by atoms with Gasteiger partial charge in [0.15, 0.2) is 5.03 Å². The van der Waals surface area contributed by atoms with Crippen LogP contribution >= 0.6 is 12.6 Å². The lowest BCUT2D eigenvalue weighted by atomic mass is 10.3. The lowest BCUT2D eigenvalue weighted by Gasteiger charge is -1.95. The smallest absolute Gasteiger partial charge is 0.258 e. The first-order valence-electron chi connectivity index (χ1n) is 2.92. The maximum Gasteiger partial charge on any atom is 0.301 e. The summed E-state index contributed by atoms with van der Waals surface area (Å²) in [6.07, 6.45) is 0. The molecule has 0 aliphatic carbocycles. The number of thiol groups is 1. The van der Waals surface area contributed by atoms with Gasteiger partial charge in [-0.3, -0.25) is 10.1 Å². The molecule has 1 aromatic heterocycles. The van der Waals surface area contributed by atoms with E-state index in [1.165, 1.54) is 6.07 Å². The summed E-state index contributed by atoms with van der Waals surface area (Å²) in [5.74, 6) is 0. The minimum absolute atomic E-state index is 0.0565. The van der Waals surface area contributed by atoms with Crippen LogP contribution in [0, 0.1) is 17.0 Å². The highest BCUT2D eigenvalue weighted by molar-refractivity contribution is 7.80. The molecule has 11 heavy (non-hydrogen) atoms. The standard InChI is InChI=1S/C6H6N2O2S/c1-4-2-3-5(8(9)10)6(11)7-4/h2-3H,1H3,(H,7,11). The second kappa shape index (κ2) is 2.87. The van der Waals surface area contributed by atoms with E-state index in [1.54, 1.807) is 13.0 Å². The first kappa shape index (κ1) is 8.00. The van der Waals surface area contributed by atoms with Crippen molar-refractivity contribution in [1.82, 2.24) is 4.98 Å². The summed E-state index contributed by atoms with van der Waals surface area (Å²) in [4.78, 5) is 13.6. The lowest BCUT2D eigenvalue weighted by molar-refractivity contribution is -0.388. The average molecular weight is 170 g/mol. The van der Waals surface area contributed by atoms with Crippen LogP contribution in [0.2, 0.25) is 0 Å². The van der Waals surface area contributed by atoms with E-state index in [9.17, 15) is 10.1 Å². The molecule has 0 aliphatic heterocycles. The van der Waals surface area contributed by atoms with E-state index in [0.29, 0.717) is 0 Å². The first-order valence-corrected chi connectivity index (χ1v) is 3.37. The Kier molecular flexibility index (Phi) is 2.09. The van der Waals surface area contributed by atoms with Crippen molar-refractivity contribution >= 4 is 18.3 Å². The fraction of sp³-hybridized carbons (Fsp3) is 0.167. The molecule has 0 aliphatic rings. The van der Waals surface area contributed by atoms with E-state index in [-0.39, 0.29) is 10.7 Å². The van der Waals surface area contributed by atoms with Crippen molar-refractivity contribution < 1.29 is 4.92 Å². The number of nitro groups is 1. The molecule has 0 saturated carbocycles. The van der Waals surface area contributed by atoms with Crippen LogP contribution in [-0.4, -0.2) is 9.91 Å². The molecular weight excluding hydrogens is 164 g/mol. The molecule has 0 atom stereocenters. The summed E-state index contributed by atoms with van der Waals surface area (Å²) in [7, 11) is 0. The van der Waals surface area contributed by atoms with Gasteiger partial charge in [0.2, 0.25) is 0 Å². The summed E-state index contributed by atoms with van der Waals surface area (Å²) >= 11 is 3.85. The Morgan fingerprint density at radius 2 is 2.27 bits per heavy atom. The zero-order chi connectivity index (χ0) is 8.43. The molecule has 0 radical (unpaired) electrons. The molecule has 1 heterocycles. The molecule has 0 aromatic carbocycles. The second-order valence-corrected chi connectivity index (χ2v) is 2.48. The lowest BCUT2D eigenvalue weighted by Crippen LogP contribution is -1.92. The van der Waals surface area contributed by atoms with Gasteiger partial charge in [0.05, 0.1) is 4.92 Å². The van der Waals surface area contributed by atoms with E-state index >= 15 is 0 Å². The molecule has 5 heteroatoms. The number of hydrogen-bond donors (Lipinski definition) is 1. The molecule has 0 amide bonds. The number of pyridine rings is 1. The van der Waals surface area contributed by atoms with Gasteiger partial charge >= 0.3 is 5.69 Å². The maximum absolute atomic E-state index is 10.2. The van der Waals surface area contributed by atoms with Crippen molar-refractivity contribution in [2.45, 2.75) is 11.9 Å². The summed E-state index contributed by atoms with van der Waals surface area (Å²) < 4.78 is 0. The largest absolute Gasteiger partial charge is 0.301 e. The average Bonchev–Trinajstić information content (AvgIpc) is 1.85. The van der Waals surface area contributed by atoms with Crippen molar-refractivity contribution in [2.75, 3.05) is 0 Å². The predicted octanol–water partition coefficient (Wildman–Crippen LogP) is 1.59. The fourth-order valence-electron chi connectivity index (χ4n) is 0.678. The van der Waals surface area contributed by atoms with Crippen LogP contribution < -0.4 is 0 Å². The molecule has 0 spiro atoms. The molecule has 58 valence electrons. The van der Waals surface area contributed by atoms with E-state index < -0.39 is 4.92 Å².